The molecule has 0 atom stereocenters. The van der Waals surface area contributed by atoms with Crippen molar-refractivity contribution in [1.82, 2.24) is 9.78 Å². The maximum Gasteiger partial charge on any atom is 0.267 e. The number of anilines is 1. The van der Waals surface area contributed by atoms with Crippen LogP contribution in [0, 0.1) is 5.82 Å². The molecule has 1 amide bonds. The van der Waals surface area contributed by atoms with Crippen molar-refractivity contribution in [1.29, 1.82) is 0 Å². The van der Waals surface area contributed by atoms with Crippen molar-refractivity contribution in [2.24, 2.45) is 7.05 Å². The van der Waals surface area contributed by atoms with Crippen molar-refractivity contribution in [3.05, 3.63) is 77.1 Å². The highest BCUT2D eigenvalue weighted by Crippen LogP contribution is 2.34. The molecule has 0 aliphatic heterocycles. The van der Waals surface area contributed by atoms with E-state index in [2.05, 4.69) is 10.4 Å². The Bertz CT molecular complexity index is 1110. The average molecular weight is 381 g/mol. The highest BCUT2D eigenvalue weighted by Gasteiger charge is 2.22. The number of nitrogens with one attached hydrogen (secondary N) is 1. The van der Waals surface area contributed by atoms with Crippen molar-refractivity contribution in [3.8, 4) is 5.75 Å². The van der Waals surface area contributed by atoms with Crippen LogP contribution in [0.15, 0.2) is 60.8 Å². The van der Waals surface area contributed by atoms with Gasteiger partial charge in [0.1, 0.15) is 23.1 Å². The van der Waals surface area contributed by atoms with Crippen LogP contribution in [0.2, 0.25) is 0 Å². The summed E-state index contributed by atoms with van der Waals surface area (Å²) in [5, 5.41) is 7.34. The van der Waals surface area contributed by atoms with Crippen LogP contribution in [-0.2, 0) is 13.7 Å². The first-order valence-corrected chi connectivity index (χ1v) is 9.12. The van der Waals surface area contributed by atoms with Crippen LogP contribution in [0.4, 0.5) is 10.2 Å². The van der Waals surface area contributed by atoms with Gasteiger partial charge in [-0.3, -0.25) is 9.48 Å². The first kappa shape index (κ1) is 17.2. The predicted molar refractivity (Wildman–Crippen MR) is 104 cm³/mol. The molecule has 2 aromatic heterocycles. The van der Waals surface area contributed by atoms with Gasteiger partial charge in [-0.1, -0.05) is 24.3 Å². The van der Waals surface area contributed by atoms with Gasteiger partial charge in [0.05, 0.1) is 0 Å². The molecular formula is C20H16FN3O2S. The predicted octanol–water partition coefficient (Wildman–Crippen LogP) is 4.61. The molecule has 27 heavy (non-hydrogen) atoms. The van der Waals surface area contributed by atoms with Gasteiger partial charge >= 0.3 is 0 Å². The van der Waals surface area contributed by atoms with Gasteiger partial charge in [0.15, 0.2) is 5.82 Å². The zero-order valence-electron chi connectivity index (χ0n) is 14.5. The van der Waals surface area contributed by atoms with Crippen molar-refractivity contribution in [2.45, 2.75) is 6.61 Å². The van der Waals surface area contributed by atoms with Crippen LogP contribution >= 0.6 is 11.3 Å². The molecule has 0 aliphatic carbocycles. The molecule has 0 saturated heterocycles. The summed E-state index contributed by atoms with van der Waals surface area (Å²) in [7, 11) is 1.77. The molecule has 0 radical (unpaired) electrons. The van der Waals surface area contributed by atoms with Gasteiger partial charge in [-0.15, -0.1) is 11.3 Å². The molecule has 0 unspecified atom stereocenters. The molecule has 2 aromatic carbocycles. The van der Waals surface area contributed by atoms with Crippen LogP contribution in [0.25, 0.3) is 10.1 Å². The zero-order valence-corrected chi connectivity index (χ0v) is 15.3. The summed E-state index contributed by atoms with van der Waals surface area (Å²) in [4.78, 5) is 13.2. The Morgan fingerprint density at radius 1 is 1.19 bits per heavy atom. The van der Waals surface area contributed by atoms with Gasteiger partial charge in [-0.25, -0.2) is 4.39 Å². The number of aryl methyl sites for hydroxylation is 1. The molecule has 136 valence electrons. The van der Waals surface area contributed by atoms with E-state index >= 15 is 0 Å². The third-order valence-electron chi connectivity index (χ3n) is 4.05. The number of aromatic nitrogens is 2. The largest absolute Gasteiger partial charge is 0.489 e. The van der Waals surface area contributed by atoms with E-state index in [4.69, 9.17) is 4.74 Å². The Hall–Kier alpha value is -3.19. The normalized spacial score (nSPS) is 10.9. The third-order valence-corrected chi connectivity index (χ3v) is 5.25. The summed E-state index contributed by atoms with van der Waals surface area (Å²) in [5.74, 6) is 0.396. The zero-order chi connectivity index (χ0) is 18.8. The monoisotopic (exact) mass is 381 g/mol. The van der Waals surface area contributed by atoms with Crippen molar-refractivity contribution in [3.63, 3.8) is 0 Å². The molecule has 1 N–H and O–H groups in total. The Kier molecular flexibility index (Phi) is 4.60. The van der Waals surface area contributed by atoms with E-state index in [0.29, 0.717) is 32.1 Å². The number of benzene rings is 2. The second-order valence-electron chi connectivity index (χ2n) is 5.95. The molecule has 4 rings (SSSR count). The van der Waals surface area contributed by atoms with Gasteiger partial charge in [0.2, 0.25) is 0 Å². The Morgan fingerprint density at radius 3 is 2.74 bits per heavy atom. The fourth-order valence-corrected chi connectivity index (χ4v) is 3.93. The SMILES string of the molecule is Cn1ccc(NC(=O)c2sc3cccc(F)c3c2COc2ccccc2)n1. The van der Waals surface area contributed by atoms with E-state index in [9.17, 15) is 9.18 Å². The second kappa shape index (κ2) is 7.20. The molecule has 4 aromatic rings. The lowest BCUT2D eigenvalue weighted by Crippen LogP contribution is -2.13. The number of carbonyl (C=O) groups is 1. The van der Waals surface area contributed by atoms with Crippen LogP contribution in [0.3, 0.4) is 0 Å². The number of ether oxygens (including phenoxy) is 1. The molecular weight excluding hydrogens is 365 g/mol. The van der Waals surface area contributed by atoms with Crippen LogP contribution in [0.5, 0.6) is 5.75 Å². The van der Waals surface area contributed by atoms with Gasteiger partial charge in [0.25, 0.3) is 5.91 Å². The minimum absolute atomic E-state index is 0.0932. The molecule has 0 spiro atoms. The number of carbonyl (C=O) groups excluding carboxylic acids is 1. The molecule has 0 aliphatic rings. The Morgan fingerprint density at radius 2 is 2.00 bits per heavy atom. The number of para-hydroxylation sites is 1. The summed E-state index contributed by atoms with van der Waals surface area (Å²) in [5.41, 5.74) is 0.533. The second-order valence-corrected chi connectivity index (χ2v) is 7.01. The maximum absolute atomic E-state index is 14.5. The summed E-state index contributed by atoms with van der Waals surface area (Å²) in [6.45, 7) is 0.0932. The number of fused-ring (bicyclic) bond motifs is 1. The number of hydrogen-bond acceptors (Lipinski definition) is 4. The summed E-state index contributed by atoms with van der Waals surface area (Å²) in [6, 6.07) is 15.8. The smallest absolute Gasteiger partial charge is 0.267 e. The lowest BCUT2D eigenvalue weighted by atomic mass is 10.1. The van der Waals surface area contributed by atoms with Gasteiger partial charge in [0, 0.05) is 35.0 Å². The van der Waals surface area contributed by atoms with Crippen LogP contribution in [-0.4, -0.2) is 15.7 Å². The third kappa shape index (κ3) is 3.54. The quantitative estimate of drug-likeness (QED) is 0.549. The van der Waals surface area contributed by atoms with Crippen molar-refractivity contribution >= 4 is 33.1 Å². The van der Waals surface area contributed by atoms with E-state index in [1.165, 1.54) is 17.4 Å². The van der Waals surface area contributed by atoms with E-state index in [0.717, 1.165) is 0 Å². The number of nitrogens with zero attached hydrogens (tertiary/aromatic N) is 2. The number of hydrogen-bond donors (Lipinski definition) is 1. The number of amides is 1. The number of rotatable bonds is 5. The molecule has 7 heteroatoms. The van der Waals surface area contributed by atoms with Gasteiger partial charge in [-0.05, 0) is 24.3 Å². The van der Waals surface area contributed by atoms with Crippen molar-refractivity contribution in [2.75, 3.05) is 5.32 Å². The van der Waals surface area contributed by atoms with Crippen LogP contribution < -0.4 is 10.1 Å². The Labute approximate surface area is 159 Å². The van der Waals surface area contributed by atoms with Gasteiger partial charge < -0.3 is 10.1 Å². The lowest BCUT2D eigenvalue weighted by molar-refractivity contribution is 0.102. The van der Waals surface area contributed by atoms with Crippen LogP contribution in [0.1, 0.15) is 15.2 Å². The summed E-state index contributed by atoms with van der Waals surface area (Å²) >= 11 is 1.24. The highest BCUT2D eigenvalue weighted by atomic mass is 32.1. The fourth-order valence-electron chi connectivity index (χ4n) is 2.82. The lowest BCUT2D eigenvalue weighted by Gasteiger charge is -2.08. The molecule has 2 heterocycles. The van der Waals surface area contributed by atoms with Gasteiger partial charge in [-0.2, -0.15) is 5.10 Å². The standard InChI is InChI=1S/C20H16FN3O2S/c1-24-11-10-17(23-24)22-20(25)19-14(12-26-13-6-3-2-4-7-13)18-15(21)8-5-9-16(18)27-19/h2-11H,12H2,1H3,(H,22,23,25). The Balaban J connectivity index is 1.70. The van der Waals surface area contributed by atoms with E-state index in [-0.39, 0.29) is 18.3 Å². The number of thiophene rings is 1. The van der Waals surface area contributed by atoms with Crippen molar-refractivity contribution < 1.29 is 13.9 Å². The molecule has 0 fully saturated rings. The fraction of sp³-hybridized carbons (Fsp3) is 0.100. The number of halogens is 1. The first-order valence-electron chi connectivity index (χ1n) is 8.30. The van der Waals surface area contributed by atoms with E-state index < -0.39 is 0 Å². The summed E-state index contributed by atoms with van der Waals surface area (Å²) < 4.78 is 22.6. The average Bonchev–Trinajstić information content (AvgIpc) is 3.25. The highest BCUT2D eigenvalue weighted by molar-refractivity contribution is 7.21. The summed E-state index contributed by atoms with van der Waals surface area (Å²) in [6.07, 6.45) is 1.74. The van der Waals surface area contributed by atoms with E-state index in [1.54, 1.807) is 36.1 Å². The minimum atomic E-state index is -0.368. The first-order chi connectivity index (χ1) is 13.1. The van der Waals surface area contributed by atoms with E-state index in [1.807, 2.05) is 30.3 Å². The molecule has 0 bridgehead atoms. The minimum Gasteiger partial charge on any atom is -0.489 e. The molecule has 5 nitrogen and oxygen atoms in total. The maximum atomic E-state index is 14.5. The molecule has 0 saturated carbocycles. The topological polar surface area (TPSA) is 56.2 Å².